The molecule has 0 atom stereocenters. The van der Waals surface area contributed by atoms with Crippen molar-refractivity contribution in [2.24, 2.45) is 4.99 Å². The van der Waals surface area contributed by atoms with E-state index in [4.69, 9.17) is 14.5 Å². The quantitative estimate of drug-likeness (QED) is 0.444. The summed E-state index contributed by atoms with van der Waals surface area (Å²) >= 11 is 1.37. The summed E-state index contributed by atoms with van der Waals surface area (Å²) < 4.78 is 10.7. The Bertz CT molecular complexity index is 1230. The van der Waals surface area contributed by atoms with Crippen LogP contribution in [0.1, 0.15) is 16.7 Å². The predicted molar refractivity (Wildman–Crippen MR) is 132 cm³/mol. The van der Waals surface area contributed by atoms with Crippen molar-refractivity contribution in [2.45, 2.75) is 13.8 Å². The Morgan fingerprint density at radius 1 is 0.875 bits per heavy atom. The SMILES string of the molecule is COc1ccc(/C=C2\SC(=Nc3ccccc3C)N(c3ccccc3C)C2=O)cc1OC. The van der Waals surface area contributed by atoms with E-state index in [1.54, 1.807) is 19.1 Å². The third-order valence-electron chi connectivity index (χ3n) is 5.20. The van der Waals surface area contributed by atoms with Gasteiger partial charge in [-0.2, -0.15) is 0 Å². The van der Waals surface area contributed by atoms with E-state index in [2.05, 4.69) is 0 Å². The number of rotatable bonds is 5. The molecule has 0 radical (unpaired) electrons. The molecule has 1 heterocycles. The molecule has 0 aliphatic carbocycles. The van der Waals surface area contributed by atoms with Gasteiger partial charge < -0.3 is 9.47 Å². The maximum Gasteiger partial charge on any atom is 0.271 e. The van der Waals surface area contributed by atoms with Gasteiger partial charge in [0.25, 0.3) is 5.91 Å². The van der Waals surface area contributed by atoms with Gasteiger partial charge in [-0.05, 0) is 72.6 Å². The van der Waals surface area contributed by atoms with E-state index < -0.39 is 0 Å². The van der Waals surface area contributed by atoms with Crippen LogP contribution in [0.3, 0.4) is 0 Å². The maximum absolute atomic E-state index is 13.5. The number of hydrogen-bond acceptors (Lipinski definition) is 5. The molecular weight excluding hydrogens is 420 g/mol. The number of nitrogens with zero attached hydrogens (tertiary/aromatic N) is 2. The molecule has 0 unspecified atom stereocenters. The average molecular weight is 445 g/mol. The van der Waals surface area contributed by atoms with Gasteiger partial charge in [-0.1, -0.05) is 42.5 Å². The Kier molecular flexibility index (Phi) is 6.32. The van der Waals surface area contributed by atoms with Gasteiger partial charge in [-0.15, -0.1) is 0 Å². The van der Waals surface area contributed by atoms with Gasteiger partial charge in [0.15, 0.2) is 16.7 Å². The Labute approximate surface area is 192 Å². The van der Waals surface area contributed by atoms with Crippen LogP contribution >= 0.6 is 11.8 Å². The van der Waals surface area contributed by atoms with Gasteiger partial charge in [0.2, 0.25) is 0 Å². The van der Waals surface area contributed by atoms with Gasteiger partial charge in [-0.3, -0.25) is 9.69 Å². The first kappa shape index (κ1) is 21.7. The van der Waals surface area contributed by atoms with E-state index in [0.29, 0.717) is 21.6 Å². The third kappa shape index (κ3) is 4.27. The van der Waals surface area contributed by atoms with E-state index in [-0.39, 0.29) is 5.91 Å². The summed E-state index contributed by atoms with van der Waals surface area (Å²) in [7, 11) is 3.19. The molecule has 0 aromatic heterocycles. The largest absolute Gasteiger partial charge is 0.493 e. The second kappa shape index (κ2) is 9.32. The first-order valence-corrected chi connectivity index (χ1v) is 11.0. The molecule has 1 saturated heterocycles. The molecule has 1 aliphatic rings. The monoisotopic (exact) mass is 444 g/mol. The molecular formula is C26H24N2O3S. The van der Waals surface area contributed by atoms with Crippen LogP contribution in [0.5, 0.6) is 11.5 Å². The molecule has 32 heavy (non-hydrogen) atoms. The minimum absolute atomic E-state index is 0.105. The van der Waals surface area contributed by atoms with Crippen molar-refractivity contribution in [2.75, 3.05) is 19.1 Å². The molecule has 0 bridgehead atoms. The number of aliphatic imine (C=N–C) groups is 1. The van der Waals surface area contributed by atoms with Crippen molar-refractivity contribution in [3.8, 4) is 11.5 Å². The number of hydrogen-bond donors (Lipinski definition) is 0. The number of thioether (sulfide) groups is 1. The number of anilines is 1. The van der Waals surface area contributed by atoms with Crippen LogP contribution in [0.4, 0.5) is 11.4 Å². The highest BCUT2D eigenvalue weighted by atomic mass is 32.2. The minimum atomic E-state index is -0.105. The first-order valence-electron chi connectivity index (χ1n) is 10.2. The van der Waals surface area contributed by atoms with E-state index in [0.717, 1.165) is 28.1 Å². The van der Waals surface area contributed by atoms with Crippen LogP contribution in [0.15, 0.2) is 76.6 Å². The third-order valence-corrected chi connectivity index (χ3v) is 6.17. The van der Waals surface area contributed by atoms with Crippen LogP contribution in [0, 0.1) is 13.8 Å². The molecule has 1 amide bonds. The molecule has 1 fully saturated rings. The molecule has 0 N–H and O–H groups in total. The minimum Gasteiger partial charge on any atom is -0.493 e. The standard InChI is InChI=1S/C26H24N2O3S/c1-17-9-5-7-11-20(17)27-26-28(21-12-8-6-10-18(21)2)25(29)24(32-26)16-19-13-14-22(30-3)23(15-19)31-4/h5-16H,1-4H3/b24-16-,27-26?. The summed E-state index contributed by atoms with van der Waals surface area (Å²) in [5.41, 5.74) is 4.57. The van der Waals surface area contributed by atoms with E-state index in [9.17, 15) is 4.79 Å². The van der Waals surface area contributed by atoms with Crippen molar-refractivity contribution in [3.05, 3.63) is 88.3 Å². The fourth-order valence-electron chi connectivity index (χ4n) is 3.46. The summed E-state index contributed by atoms with van der Waals surface area (Å²) in [4.78, 5) is 20.7. The van der Waals surface area contributed by atoms with Gasteiger partial charge >= 0.3 is 0 Å². The summed E-state index contributed by atoms with van der Waals surface area (Å²) in [6.07, 6.45) is 1.86. The van der Waals surface area contributed by atoms with Gasteiger partial charge in [-0.25, -0.2) is 4.99 Å². The van der Waals surface area contributed by atoms with Crippen molar-refractivity contribution in [1.29, 1.82) is 0 Å². The number of amides is 1. The van der Waals surface area contributed by atoms with Crippen LogP contribution in [0.2, 0.25) is 0 Å². The maximum atomic E-state index is 13.5. The Morgan fingerprint density at radius 2 is 1.56 bits per heavy atom. The highest BCUT2D eigenvalue weighted by Gasteiger charge is 2.35. The summed E-state index contributed by atoms with van der Waals surface area (Å²) in [5.74, 6) is 1.15. The molecule has 3 aromatic carbocycles. The molecule has 1 aliphatic heterocycles. The highest BCUT2D eigenvalue weighted by Crippen LogP contribution is 2.39. The fourth-order valence-corrected chi connectivity index (χ4v) is 4.45. The van der Waals surface area contributed by atoms with Gasteiger partial charge in [0.05, 0.1) is 30.5 Å². The zero-order valence-electron chi connectivity index (χ0n) is 18.5. The van der Waals surface area contributed by atoms with E-state index >= 15 is 0 Å². The Balaban J connectivity index is 1.80. The van der Waals surface area contributed by atoms with Crippen LogP contribution in [-0.4, -0.2) is 25.3 Å². The summed E-state index contributed by atoms with van der Waals surface area (Å²) in [6, 6.07) is 21.3. The van der Waals surface area contributed by atoms with Crippen LogP contribution in [0.25, 0.3) is 6.08 Å². The normalized spacial score (nSPS) is 16.1. The number of carbonyl (C=O) groups is 1. The Morgan fingerprint density at radius 3 is 2.25 bits per heavy atom. The van der Waals surface area contributed by atoms with Crippen molar-refractivity contribution in [1.82, 2.24) is 0 Å². The lowest BCUT2D eigenvalue weighted by atomic mass is 10.1. The van der Waals surface area contributed by atoms with Gasteiger partial charge in [0.1, 0.15) is 0 Å². The number of aryl methyl sites for hydroxylation is 2. The molecule has 5 nitrogen and oxygen atoms in total. The second-order valence-electron chi connectivity index (χ2n) is 7.33. The molecule has 0 saturated carbocycles. The topological polar surface area (TPSA) is 51.1 Å². The lowest BCUT2D eigenvalue weighted by Gasteiger charge is -2.18. The molecule has 6 heteroatoms. The predicted octanol–water partition coefficient (Wildman–Crippen LogP) is 6.13. The van der Waals surface area contributed by atoms with Crippen molar-refractivity contribution < 1.29 is 14.3 Å². The summed E-state index contributed by atoms with van der Waals surface area (Å²) in [5, 5.41) is 0.630. The van der Waals surface area contributed by atoms with Crippen LogP contribution in [-0.2, 0) is 4.79 Å². The number of amidine groups is 1. The Hall–Kier alpha value is -3.51. The first-order chi connectivity index (χ1) is 15.5. The average Bonchev–Trinajstić information content (AvgIpc) is 3.10. The van der Waals surface area contributed by atoms with Gasteiger partial charge in [0, 0.05) is 0 Å². The fraction of sp³-hybridized carbons (Fsp3) is 0.154. The molecule has 162 valence electrons. The number of ether oxygens (including phenoxy) is 2. The van der Waals surface area contributed by atoms with Crippen molar-refractivity contribution >= 4 is 40.3 Å². The van der Waals surface area contributed by atoms with E-state index in [1.807, 2.05) is 86.7 Å². The van der Waals surface area contributed by atoms with Crippen LogP contribution < -0.4 is 14.4 Å². The lowest BCUT2D eigenvalue weighted by molar-refractivity contribution is -0.113. The molecule has 3 aromatic rings. The second-order valence-corrected chi connectivity index (χ2v) is 8.34. The molecule has 0 spiro atoms. The number of para-hydroxylation sites is 2. The van der Waals surface area contributed by atoms with Crippen molar-refractivity contribution in [3.63, 3.8) is 0 Å². The smallest absolute Gasteiger partial charge is 0.271 e. The summed E-state index contributed by atoms with van der Waals surface area (Å²) in [6.45, 7) is 4.01. The molecule has 4 rings (SSSR count). The zero-order chi connectivity index (χ0) is 22.7. The zero-order valence-corrected chi connectivity index (χ0v) is 19.3. The van der Waals surface area contributed by atoms with E-state index in [1.165, 1.54) is 11.8 Å². The number of benzene rings is 3. The highest BCUT2D eigenvalue weighted by molar-refractivity contribution is 8.19. The lowest BCUT2D eigenvalue weighted by Crippen LogP contribution is -2.29. The number of carbonyl (C=O) groups excluding carboxylic acids is 1. The number of methoxy groups -OCH3 is 2.